The minimum Gasteiger partial charge on any atom is -0.370 e. The summed E-state index contributed by atoms with van der Waals surface area (Å²) in [5.74, 6) is 0.828. The van der Waals surface area contributed by atoms with Gasteiger partial charge in [-0.15, -0.1) is 0 Å². The molecule has 0 aromatic heterocycles. The molecule has 5 heteroatoms. The Labute approximate surface area is 71.9 Å². The number of hydrogen-bond donors (Lipinski definition) is 3. The predicted octanol–water partition coefficient (Wildman–Crippen LogP) is -0.464. The van der Waals surface area contributed by atoms with Crippen molar-refractivity contribution in [1.29, 1.82) is 5.41 Å². The van der Waals surface area contributed by atoms with Gasteiger partial charge in [0, 0.05) is 13.6 Å². The van der Waals surface area contributed by atoms with Crippen molar-refractivity contribution in [2.45, 2.75) is 12.8 Å². The summed E-state index contributed by atoms with van der Waals surface area (Å²) < 4.78 is 0. The molecule has 0 heterocycles. The summed E-state index contributed by atoms with van der Waals surface area (Å²) in [6.45, 7) is 0.885. The first-order valence-corrected chi connectivity index (χ1v) is 3.99. The van der Waals surface area contributed by atoms with E-state index in [1.54, 1.807) is 4.90 Å². The maximum atomic E-state index is 7.42. The van der Waals surface area contributed by atoms with Crippen molar-refractivity contribution in [1.82, 2.24) is 4.90 Å². The summed E-state index contributed by atoms with van der Waals surface area (Å²) in [4.78, 5) is 5.40. The molecule has 68 valence electrons. The Kier molecular flexibility index (Phi) is 2.52. The minimum atomic E-state index is -0.0531. The Balaban J connectivity index is 2.34. The topological polar surface area (TPSA) is 91.5 Å². The molecule has 0 aromatic rings. The SMILES string of the molecule is CN(CC1CC1)C(=N)N=C(N)N. The van der Waals surface area contributed by atoms with E-state index in [4.69, 9.17) is 16.9 Å². The fourth-order valence-electron chi connectivity index (χ4n) is 0.982. The van der Waals surface area contributed by atoms with Crippen molar-refractivity contribution in [3.63, 3.8) is 0 Å². The molecule has 1 fully saturated rings. The van der Waals surface area contributed by atoms with Crippen molar-refractivity contribution < 1.29 is 0 Å². The lowest BCUT2D eigenvalue weighted by molar-refractivity contribution is 0.468. The van der Waals surface area contributed by atoms with E-state index in [1.807, 2.05) is 7.05 Å². The highest BCUT2D eigenvalue weighted by Crippen LogP contribution is 2.29. The second kappa shape index (κ2) is 3.42. The van der Waals surface area contributed by atoms with Crippen LogP contribution in [0.15, 0.2) is 4.99 Å². The average Bonchev–Trinajstić information content (AvgIpc) is 2.70. The standard InChI is InChI=1S/C7H15N5/c1-12(4-5-2-3-5)7(10)11-6(8)9/h5H,2-4H2,1H3,(H5,8,9,10,11). The quantitative estimate of drug-likeness (QED) is 0.385. The first-order valence-electron chi connectivity index (χ1n) is 3.99. The normalized spacial score (nSPS) is 15.4. The molecule has 0 saturated heterocycles. The number of guanidine groups is 2. The highest BCUT2D eigenvalue weighted by atomic mass is 15.2. The van der Waals surface area contributed by atoms with E-state index in [2.05, 4.69) is 4.99 Å². The Bertz CT molecular complexity index is 202. The average molecular weight is 169 g/mol. The van der Waals surface area contributed by atoms with E-state index in [-0.39, 0.29) is 11.9 Å². The van der Waals surface area contributed by atoms with Gasteiger partial charge < -0.3 is 16.4 Å². The van der Waals surface area contributed by atoms with Gasteiger partial charge in [-0.3, -0.25) is 5.41 Å². The predicted molar refractivity (Wildman–Crippen MR) is 48.9 cm³/mol. The number of nitrogens with one attached hydrogen (secondary N) is 1. The van der Waals surface area contributed by atoms with Gasteiger partial charge in [0.25, 0.3) is 0 Å². The number of nitrogens with zero attached hydrogens (tertiary/aromatic N) is 2. The lowest BCUT2D eigenvalue weighted by Crippen LogP contribution is -2.31. The summed E-state index contributed by atoms with van der Waals surface area (Å²) in [6.07, 6.45) is 2.53. The summed E-state index contributed by atoms with van der Waals surface area (Å²) in [5.41, 5.74) is 10.3. The summed E-state index contributed by atoms with van der Waals surface area (Å²) in [7, 11) is 1.83. The molecule has 1 saturated carbocycles. The molecule has 12 heavy (non-hydrogen) atoms. The van der Waals surface area contributed by atoms with E-state index in [9.17, 15) is 0 Å². The van der Waals surface area contributed by atoms with E-state index < -0.39 is 0 Å². The van der Waals surface area contributed by atoms with E-state index in [0.717, 1.165) is 12.5 Å². The summed E-state index contributed by atoms with van der Waals surface area (Å²) in [5, 5.41) is 7.42. The zero-order chi connectivity index (χ0) is 9.14. The van der Waals surface area contributed by atoms with Crippen molar-refractivity contribution in [3.8, 4) is 0 Å². The molecule has 0 amide bonds. The smallest absolute Gasteiger partial charge is 0.220 e. The Morgan fingerprint density at radius 3 is 2.58 bits per heavy atom. The van der Waals surface area contributed by atoms with Crippen LogP contribution in [0.2, 0.25) is 0 Å². The molecule has 5 N–H and O–H groups in total. The fraction of sp³-hybridized carbons (Fsp3) is 0.714. The van der Waals surface area contributed by atoms with Gasteiger partial charge in [-0.25, -0.2) is 0 Å². The van der Waals surface area contributed by atoms with Crippen LogP contribution in [0.25, 0.3) is 0 Å². The Hall–Kier alpha value is -1.26. The van der Waals surface area contributed by atoms with Crippen LogP contribution in [0.1, 0.15) is 12.8 Å². The van der Waals surface area contributed by atoms with Crippen LogP contribution in [0.5, 0.6) is 0 Å². The van der Waals surface area contributed by atoms with Gasteiger partial charge in [0.15, 0.2) is 5.96 Å². The first-order chi connectivity index (χ1) is 5.59. The first kappa shape index (κ1) is 8.83. The third-order valence-electron chi connectivity index (χ3n) is 1.83. The van der Waals surface area contributed by atoms with Crippen molar-refractivity contribution >= 4 is 11.9 Å². The van der Waals surface area contributed by atoms with E-state index in [0.29, 0.717) is 0 Å². The van der Waals surface area contributed by atoms with Crippen LogP contribution in [0, 0.1) is 11.3 Å². The van der Waals surface area contributed by atoms with Crippen molar-refractivity contribution in [2.24, 2.45) is 22.4 Å². The van der Waals surface area contributed by atoms with Gasteiger partial charge in [-0.1, -0.05) is 0 Å². The maximum Gasteiger partial charge on any atom is 0.220 e. The van der Waals surface area contributed by atoms with Gasteiger partial charge in [0.1, 0.15) is 0 Å². The van der Waals surface area contributed by atoms with Crippen molar-refractivity contribution in [3.05, 3.63) is 0 Å². The zero-order valence-electron chi connectivity index (χ0n) is 7.25. The lowest BCUT2D eigenvalue weighted by Gasteiger charge is -2.15. The molecule has 0 bridgehead atoms. The van der Waals surface area contributed by atoms with Crippen molar-refractivity contribution in [2.75, 3.05) is 13.6 Å². The largest absolute Gasteiger partial charge is 0.370 e. The third-order valence-corrected chi connectivity index (χ3v) is 1.83. The van der Waals surface area contributed by atoms with Crippen LogP contribution in [-0.4, -0.2) is 30.4 Å². The van der Waals surface area contributed by atoms with Gasteiger partial charge in [0.2, 0.25) is 5.96 Å². The molecule has 0 aromatic carbocycles. The number of aliphatic imine (C=N–C) groups is 1. The molecule has 1 aliphatic carbocycles. The Morgan fingerprint density at radius 1 is 1.58 bits per heavy atom. The molecular formula is C7H15N5. The monoisotopic (exact) mass is 169 g/mol. The maximum absolute atomic E-state index is 7.42. The highest BCUT2D eigenvalue weighted by molar-refractivity contribution is 5.91. The molecule has 5 nitrogen and oxygen atoms in total. The highest BCUT2D eigenvalue weighted by Gasteiger charge is 2.23. The van der Waals surface area contributed by atoms with E-state index >= 15 is 0 Å². The molecule has 0 atom stereocenters. The molecule has 1 rings (SSSR count). The second-order valence-electron chi connectivity index (χ2n) is 3.18. The molecule has 1 aliphatic rings. The fourth-order valence-corrected chi connectivity index (χ4v) is 0.982. The van der Waals surface area contributed by atoms with Crippen LogP contribution in [0.3, 0.4) is 0 Å². The minimum absolute atomic E-state index is 0.0531. The van der Waals surface area contributed by atoms with Crippen LogP contribution >= 0.6 is 0 Å². The number of hydrogen-bond acceptors (Lipinski definition) is 1. The van der Waals surface area contributed by atoms with Gasteiger partial charge in [-0.05, 0) is 18.8 Å². The Morgan fingerprint density at radius 2 is 2.17 bits per heavy atom. The molecule has 0 radical (unpaired) electrons. The summed E-state index contributed by atoms with van der Waals surface area (Å²) >= 11 is 0. The lowest BCUT2D eigenvalue weighted by atomic mass is 10.4. The van der Waals surface area contributed by atoms with Crippen LogP contribution in [0.4, 0.5) is 0 Å². The van der Waals surface area contributed by atoms with Crippen LogP contribution < -0.4 is 11.5 Å². The van der Waals surface area contributed by atoms with Gasteiger partial charge in [-0.2, -0.15) is 4.99 Å². The third kappa shape index (κ3) is 2.77. The molecule has 0 unspecified atom stereocenters. The summed E-state index contributed by atoms with van der Waals surface area (Å²) in [6, 6.07) is 0. The van der Waals surface area contributed by atoms with Gasteiger partial charge in [0.05, 0.1) is 0 Å². The molecule has 0 aliphatic heterocycles. The molecule has 0 spiro atoms. The number of rotatable bonds is 2. The zero-order valence-corrected chi connectivity index (χ0v) is 7.25. The second-order valence-corrected chi connectivity index (χ2v) is 3.18. The van der Waals surface area contributed by atoms with Crippen LogP contribution in [-0.2, 0) is 0 Å². The molecular weight excluding hydrogens is 154 g/mol. The van der Waals surface area contributed by atoms with E-state index in [1.165, 1.54) is 12.8 Å². The number of nitrogens with two attached hydrogens (primary N) is 2. The van der Waals surface area contributed by atoms with Gasteiger partial charge >= 0.3 is 0 Å².